The third kappa shape index (κ3) is 4.55. The van der Waals surface area contributed by atoms with Gasteiger partial charge in [0.2, 0.25) is 0 Å². The van der Waals surface area contributed by atoms with E-state index >= 15 is 0 Å². The summed E-state index contributed by atoms with van der Waals surface area (Å²) < 4.78 is 0. The fourth-order valence-electron chi connectivity index (χ4n) is 3.21. The summed E-state index contributed by atoms with van der Waals surface area (Å²) in [7, 11) is 0. The van der Waals surface area contributed by atoms with E-state index in [-0.39, 0.29) is 0 Å². The smallest absolute Gasteiger partial charge is 0.0221 e. The van der Waals surface area contributed by atoms with E-state index < -0.39 is 0 Å². The minimum atomic E-state index is 0.835. The van der Waals surface area contributed by atoms with Crippen molar-refractivity contribution in [3.05, 3.63) is 0 Å². The van der Waals surface area contributed by atoms with Crippen molar-refractivity contribution in [2.75, 3.05) is 19.6 Å². The summed E-state index contributed by atoms with van der Waals surface area (Å²) in [6.45, 7) is 8.63. The van der Waals surface area contributed by atoms with Crippen molar-refractivity contribution in [3.63, 3.8) is 0 Å². The van der Waals surface area contributed by atoms with Gasteiger partial charge in [0.05, 0.1) is 0 Å². The lowest BCUT2D eigenvalue weighted by Gasteiger charge is -2.29. The molecule has 0 radical (unpaired) electrons. The molecule has 18 heavy (non-hydrogen) atoms. The van der Waals surface area contributed by atoms with Gasteiger partial charge in [-0.15, -0.1) is 0 Å². The third-order valence-electron chi connectivity index (χ3n) is 4.75. The van der Waals surface area contributed by atoms with Gasteiger partial charge < -0.3 is 5.32 Å². The highest BCUT2D eigenvalue weighted by molar-refractivity contribution is 4.87. The number of hydrogen-bond donors (Lipinski definition) is 1. The first-order valence-electron chi connectivity index (χ1n) is 8.30. The molecule has 106 valence electrons. The lowest BCUT2D eigenvalue weighted by Crippen LogP contribution is -2.41. The molecule has 1 aliphatic heterocycles. The molecule has 0 spiro atoms. The van der Waals surface area contributed by atoms with Crippen molar-refractivity contribution in [1.29, 1.82) is 0 Å². The molecule has 2 rings (SSSR count). The molecule has 1 saturated heterocycles. The predicted octanol–water partition coefficient (Wildman–Crippen LogP) is 3.42. The highest BCUT2D eigenvalue weighted by atomic mass is 15.2. The average Bonchev–Trinajstić information content (AvgIpc) is 3.12. The van der Waals surface area contributed by atoms with Crippen LogP contribution < -0.4 is 5.32 Å². The van der Waals surface area contributed by atoms with E-state index in [2.05, 4.69) is 24.1 Å². The summed E-state index contributed by atoms with van der Waals surface area (Å²) in [5.41, 5.74) is 0. The van der Waals surface area contributed by atoms with Gasteiger partial charge in [-0.05, 0) is 44.6 Å². The van der Waals surface area contributed by atoms with E-state index in [0.29, 0.717) is 0 Å². The van der Waals surface area contributed by atoms with E-state index in [1.165, 1.54) is 71.0 Å². The van der Waals surface area contributed by atoms with Crippen LogP contribution in [-0.4, -0.2) is 36.6 Å². The molecule has 2 unspecified atom stereocenters. The van der Waals surface area contributed by atoms with E-state index in [0.717, 1.165) is 18.0 Å². The zero-order chi connectivity index (χ0) is 12.8. The van der Waals surface area contributed by atoms with Crippen LogP contribution in [-0.2, 0) is 0 Å². The molecule has 1 N–H and O–H groups in total. The van der Waals surface area contributed by atoms with Gasteiger partial charge in [-0.25, -0.2) is 0 Å². The van der Waals surface area contributed by atoms with Crippen LogP contribution in [0, 0.1) is 5.92 Å². The van der Waals surface area contributed by atoms with Gasteiger partial charge in [-0.3, -0.25) is 4.90 Å². The Kier molecular flexibility index (Phi) is 5.97. The number of nitrogens with one attached hydrogen (secondary N) is 1. The highest BCUT2D eigenvalue weighted by Crippen LogP contribution is 2.24. The number of likely N-dealkylation sites (tertiary alicyclic amines) is 1. The number of hydrogen-bond acceptors (Lipinski definition) is 2. The molecule has 1 heterocycles. The number of nitrogens with zero attached hydrogens (tertiary/aromatic N) is 1. The Hall–Kier alpha value is -0.0800. The van der Waals surface area contributed by atoms with E-state index in [9.17, 15) is 0 Å². The Morgan fingerprint density at radius 2 is 2.06 bits per heavy atom. The van der Waals surface area contributed by atoms with Crippen LogP contribution in [0.15, 0.2) is 0 Å². The Bertz CT molecular complexity index is 225. The molecule has 0 aromatic heterocycles. The predicted molar refractivity (Wildman–Crippen MR) is 78.9 cm³/mol. The van der Waals surface area contributed by atoms with Crippen molar-refractivity contribution < 1.29 is 0 Å². The first-order valence-corrected chi connectivity index (χ1v) is 8.30. The molecule has 1 aliphatic carbocycles. The molecule has 2 fully saturated rings. The molecule has 2 heteroatoms. The topological polar surface area (TPSA) is 15.3 Å². The number of rotatable bonds is 9. The average molecular weight is 252 g/mol. The van der Waals surface area contributed by atoms with E-state index in [1.807, 2.05) is 0 Å². The molecule has 0 aromatic carbocycles. The van der Waals surface area contributed by atoms with E-state index in [4.69, 9.17) is 0 Å². The quantitative estimate of drug-likeness (QED) is 0.676. The Labute approximate surface area is 114 Å². The van der Waals surface area contributed by atoms with Crippen LogP contribution in [0.2, 0.25) is 0 Å². The van der Waals surface area contributed by atoms with Crippen molar-refractivity contribution in [2.45, 2.75) is 77.3 Å². The van der Waals surface area contributed by atoms with Gasteiger partial charge in [0.25, 0.3) is 0 Å². The largest absolute Gasteiger partial charge is 0.312 e. The minimum Gasteiger partial charge on any atom is -0.312 e. The van der Waals surface area contributed by atoms with Crippen LogP contribution in [0.3, 0.4) is 0 Å². The summed E-state index contributed by atoms with van der Waals surface area (Å²) in [5, 5.41) is 3.72. The van der Waals surface area contributed by atoms with Crippen molar-refractivity contribution in [2.24, 2.45) is 5.92 Å². The zero-order valence-electron chi connectivity index (χ0n) is 12.5. The molecular weight excluding hydrogens is 220 g/mol. The summed E-state index contributed by atoms with van der Waals surface area (Å²) in [6, 6.07) is 1.70. The molecule has 2 atom stereocenters. The summed E-state index contributed by atoms with van der Waals surface area (Å²) in [6.07, 6.45) is 11.2. The molecule has 0 aromatic rings. The van der Waals surface area contributed by atoms with Gasteiger partial charge in [0.15, 0.2) is 0 Å². The SMILES string of the molecule is CCCCC(CC)CN1CCCC1CNC1CC1. The standard InChI is InChI=1S/C16H32N2/c1-3-5-7-14(4-2)13-18-11-6-8-16(18)12-17-15-9-10-15/h14-17H,3-13H2,1-2H3. The second-order valence-electron chi connectivity index (χ2n) is 6.39. The second-order valence-corrected chi connectivity index (χ2v) is 6.39. The highest BCUT2D eigenvalue weighted by Gasteiger charge is 2.28. The third-order valence-corrected chi connectivity index (χ3v) is 4.75. The minimum absolute atomic E-state index is 0.835. The van der Waals surface area contributed by atoms with Crippen molar-refractivity contribution in [3.8, 4) is 0 Å². The molecule has 0 amide bonds. The zero-order valence-corrected chi connectivity index (χ0v) is 12.5. The Morgan fingerprint density at radius 1 is 1.22 bits per heavy atom. The van der Waals surface area contributed by atoms with Crippen LogP contribution in [0.1, 0.15) is 65.2 Å². The maximum absolute atomic E-state index is 3.72. The van der Waals surface area contributed by atoms with Gasteiger partial charge in [0.1, 0.15) is 0 Å². The van der Waals surface area contributed by atoms with Crippen LogP contribution in [0.4, 0.5) is 0 Å². The van der Waals surface area contributed by atoms with Crippen molar-refractivity contribution >= 4 is 0 Å². The lowest BCUT2D eigenvalue weighted by atomic mass is 9.98. The van der Waals surface area contributed by atoms with E-state index in [1.54, 1.807) is 0 Å². The lowest BCUT2D eigenvalue weighted by molar-refractivity contribution is 0.199. The normalized spacial score (nSPS) is 26.7. The molecule has 2 nitrogen and oxygen atoms in total. The van der Waals surface area contributed by atoms with Crippen LogP contribution in [0.25, 0.3) is 0 Å². The van der Waals surface area contributed by atoms with Gasteiger partial charge in [-0.1, -0.05) is 33.1 Å². The first kappa shape index (κ1) is 14.3. The molecule has 1 saturated carbocycles. The second kappa shape index (κ2) is 7.49. The Morgan fingerprint density at radius 3 is 2.72 bits per heavy atom. The fourth-order valence-corrected chi connectivity index (χ4v) is 3.21. The fraction of sp³-hybridized carbons (Fsp3) is 1.00. The molecule has 2 aliphatic rings. The van der Waals surface area contributed by atoms with Crippen molar-refractivity contribution in [1.82, 2.24) is 10.2 Å². The van der Waals surface area contributed by atoms with Crippen LogP contribution >= 0.6 is 0 Å². The Balaban J connectivity index is 1.70. The molecular formula is C16H32N2. The van der Waals surface area contributed by atoms with Gasteiger partial charge >= 0.3 is 0 Å². The van der Waals surface area contributed by atoms with Crippen LogP contribution in [0.5, 0.6) is 0 Å². The van der Waals surface area contributed by atoms with Gasteiger partial charge in [0, 0.05) is 25.2 Å². The molecule has 0 bridgehead atoms. The maximum atomic E-state index is 3.72. The monoisotopic (exact) mass is 252 g/mol. The summed E-state index contributed by atoms with van der Waals surface area (Å²) in [4.78, 5) is 2.78. The number of unbranched alkanes of at least 4 members (excludes halogenated alkanes) is 1. The summed E-state index contributed by atoms with van der Waals surface area (Å²) >= 11 is 0. The first-order chi connectivity index (χ1) is 8.83. The maximum Gasteiger partial charge on any atom is 0.0221 e. The van der Waals surface area contributed by atoms with Gasteiger partial charge in [-0.2, -0.15) is 0 Å². The summed E-state index contributed by atoms with van der Waals surface area (Å²) in [5.74, 6) is 0.937.